The minimum absolute atomic E-state index is 0.107. The number of rotatable bonds is 3. The van der Waals surface area contributed by atoms with Gasteiger partial charge in [0.25, 0.3) is 5.91 Å². The summed E-state index contributed by atoms with van der Waals surface area (Å²) in [7, 11) is 0. The van der Waals surface area contributed by atoms with Crippen LogP contribution < -0.4 is 10.6 Å². The van der Waals surface area contributed by atoms with Gasteiger partial charge in [-0.05, 0) is 49.4 Å². The van der Waals surface area contributed by atoms with Crippen LogP contribution in [0.25, 0.3) is 0 Å². The van der Waals surface area contributed by atoms with Gasteiger partial charge in [0.2, 0.25) is 11.8 Å². The van der Waals surface area contributed by atoms with E-state index in [2.05, 4.69) is 20.9 Å². The van der Waals surface area contributed by atoms with Crippen molar-refractivity contribution in [3.63, 3.8) is 0 Å². The largest absolute Gasteiger partial charge is 0.354 e. The number of likely N-dealkylation sites (tertiary alicyclic amines) is 1. The fraction of sp³-hybridized carbons (Fsp3) is 0.414. The Kier molecular flexibility index (Phi) is 7.97. The van der Waals surface area contributed by atoms with Crippen LogP contribution in [0.2, 0.25) is 5.02 Å². The summed E-state index contributed by atoms with van der Waals surface area (Å²) in [6.07, 6.45) is 4.24. The Hall–Kier alpha value is -3.72. The molecule has 2 bridgehead atoms. The molecule has 1 saturated heterocycles. The van der Waals surface area contributed by atoms with E-state index in [4.69, 9.17) is 11.6 Å². The van der Waals surface area contributed by atoms with Crippen LogP contribution in [0.15, 0.2) is 54.7 Å². The van der Waals surface area contributed by atoms with Gasteiger partial charge >= 0.3 is 0 Å². The maximum atomic E-state index is 14.0. The van der Waals surface area contributed by atoms with E-state index >= 15 is 0 Å². The predicted molar refractivity (Wildman–Crippen MR) is 147 cm³/mol. The summed E-state index contributed by atoms with van der Waals surface area (Å²) >= 11 is 6.27. The first-order chi connectivity index (χ1) is 18.8. The van der Waals surface area contributed by atoms with Crippen LogP contribution in [0.4, 0.5) is 0 Å². The van der Waals surface area contributed by atoms with Gasteiger partial charge in [-0.1, -0.05) is 53.2 Å². The summed E-state index contributed by atoms with van der Waals surface area (Å²) in [5.41, 5.74) is 2.31. The van der Waals surface area contributed by atoms with Gasteiger partial charge in [0.1, 0.15) is 6.04 Å². The number of hydrogen-bond acceptors (Lipinski definition) is 5. The zero-order valence-corrected chi connectivity index (χ0v) is 22.8. The van der Waals surface area contributed by atoms with Crippen molar-refractivity contribution in [2.45, 2.75) is 51.6 Å². The number of benzene rings is 2. The third kappa shape index (κ3) is 6.14. The average Bonchev–Trinajstić information content (AvgIpc) is 3.39. The van der Waals surface area contributed by atoms with Gasteiger partial charge in [-0.15, -0.1) is 5.10 Å². The molecule has 2 aliphatic heterocycles. The third-order valence-electron chi connectivity index (χ3n) is 7.78. The molecule has 3 aromatic rings. The lowest BCUT2D eigenvalue weighted by molar-refractivity contribution is -0.137. The Labute approximate surface area is 232 Å². The number of nitrogens with one attached hydrogen (secondary N) is 2. The summed E-state index contributed by atoms with van der Waals surface area (Å²) in [6.45, 7) is 3.79. The molecule has 1 atom stereocenters. The fourth-order valence-electron chi connectivity index (χ4n) is 5.35. The fourth-order valence-corrected chi connectivity index (χ4v) is 5.53. The van der Waals surface area contributed by atoms with Gasteiger partial charge in [-0.25, -0.2) is 0 Å². The quantitative estimate of drug-likeness (QED) is 0.523. The second-order valence-corrected chi connectivity index (χ2v) is 11.0. The van der Waals surface area contributed by atoms with Crippen LogP contribution in [0.3, 0.4) is 0 Å². The standard InChI is InChI=1S/C29H33ClN6O3/c1-20-8-9-22(17-24(20)30)27(38)35-14-10-29(11-15-35)18-23-19-36(34-33-23)13-5-12-31-26(37)25(32-28(29)39)16-21-6-3-2-4-7-21/h2-4,6-9,17,19,25H,5,10-16,18H2,1H3,(H,31,37)(H,32,39)/t25-/m0/s1. The number of aromatic nitrogens is 3. The minimum Gasteiger partial charge on any atom is -0.354 e. The van der Waals surface area contributed by atoms with Crippen LogP contribution >= 0.6 is 11.6 Å². The summed E-state index contributed by atoms with van der Waals surface area (Å²) in [4.78, 5) is 42.2. The Balaban J connectivity index is 1.39. The molecule has 204 valence electrons. The first-order valence-electron chi connectivity index (χ1n) is 13.4. The van der Waals surface area contributed by atoms with Gasteiger partial charge in [-0.2, -0.15) is 0 Å². The Morgan fingerprint density at radius 2 is 1.87 bits per heavy atom. The topological polar surface area (TPSA) is 109 Å². The lowest BCUT2D eigenvalue weighted by Gasteiger charge is -2.41. The van der Waals surface area contributed by atoms with Gasteiger partial charge in [0.05, 0.1) is 11.1 Å². The van der Waals surface area contributed by atoms with E-state index in [0.29, 0.717) is 68.9 Å². The summed E-state index contributed by atoms with van der Waals surface area (Å²) in [5.74, 6) is -0.509. The first kappa shape index (κ1) is 26.9. The van der Waals surface area contributed by atoms with Gasteiger partial charge < -0.3 is 15.5 Å². The van der Waals surface area contributed by atoms with E-state index in [1.807, 2.05) is 49.5 Å². The van der Waals surface area contributed by atoms with Crippen molar-refractivity contribution in [3.05, 3.63) is 82.1 Å². The van der Waals surface area contributed by atoms with Crippen LogP contribution in [0, 0.1) is 12.3 Å². The summed E-state index contributed by atoms with van der Waals surface area (Å²) in [5, 5.41) is 15.2. The number of carbonyl (C=O) groups excluding carboxylic acids is 3. The SMILES string of the molecule is Cc1ccc(C(=O)N2CCC3(CC2)Cc2cn(nn2)CCCNC(=O)[C@H](Cc2ccccc2)NC3=O)cc1Cl. The van der Waals surface area contributed by atoms with Crippen molar-refractivity contribution >= 4 is 29.3 Å². The maximum Gasteiger partial charge on any atom is 0.253 e. The van der Waals surface area contributed by atoms with E-state index in [1.165, 1.54) is 0 Å². The van der Waals surface area contributed by atoms with Crippen molar-refractivity contribution in [2.75, 3.05) is 19.6 Å². The first-order valence-corrected chi connectivity index (χ1v) is 13.8. The molecule has 9 nitrogen and oxygen atoms in total. The third-order valence-corrected chi connectivity index (χ3v) is 8.19. The van der Waals surface area contributed by atoms with Crippen LogP contribution in [-0.4, -0.2) is 63.3 Å². The molecule has 0 radical (unpaired) electrons. The van der Waals surface area contributed by atoms with E-state index in [0.717, 1.165) is 16.8 Å². The Bertz CT molecular complexity index is 1350. The van der Waals surface area contributed by atoms with Gasteiger partial charge in [0, 0.05) is 55.8 Å². The van der Waals surface area contributed by atoms with Crippen molar-refractivity contribution in [1.29, 1.82) is 0 Å². The van der Waals surface area contributed by atoms with E-state index in [1.54, 1.807) is 21.7 Å². The van der Waals surface area contributed by atoms with Crippen molar-refractivity contribution < 1.29 is 14.4 Å². The number of fused-ring (bicyclic) bond motifs is 2. The zero-order valence-electron chi connectivity index (χ0n) is 22.0. The number of halogens is 1. The van der Waals surface area contributed by atoms with Crippen LogP contribution in [0.1, 0.15) is 46.4 Å². The van der Waals surface area contributed by atoms with Crippen LogP contribution in [-0.2, 0) is 29.0 Å². The zero-order chi connectivity index (χ0) is 27.4. The number of amides is 3. The second-order valence-electron chi connectivity index (χ2n) is 10.5. The highest BCUT2D eigenvalue weighted by Crippen LogP contribution is 2.36. The molecular weight excluding hydrogens is 516 g/mol. The molecule has 1 aromatic heterocycles. The molecule has 3 heterocycles. The van der Waals surface area contributed by atoms with Crippen molar-refractivity contribution in [1.82, 2.24) is 30.5 Å². The highest BCUT2D eigenvalue weighted by atomic mass is 35.5. The average molecular weight is 549 g/mol. The Morgan fingerprint density at radius 3 is 2.62 bits per heavy atom. The molecule has 10 heteroatoms. The summed E-state index contributed by atoms with van der Waals surface area (Å²) in [6, 6.07) is 14.3. The number of carbonyl (C=O) groups is 3. The number of aryl methyl sites for hydroxylation is 2. The highest BCUT2D eigenvalue weighted by molar-refractivity contribution is 6.31. The normalized spacial score (nSPS) is 19.8. The molecule has 2 N–H and O–H groups in total. The Morgan fingerprint density at radius 1 is 1.10 bits per heavy atom. The molecule has 0 aliphatic carbocycles. The molecule has 5 rings (SSSR count). The number of nitrogens with zero attached hydrogens (tertiary/aromatic N) is 4. The second kappa shape index (κ2) is 11.6. The molecule has 39 heavy (non-hydrogen) atoms. The van der Waals surface area contributed by atoms with Gasteiger partial charge in [-0.3, -0.25) is 19.1 Å². The number of piperidine rings is 1. The molecule has 1 fully saturated rings. The van der Waals surface area contributed by atoms with Crippen molar-refractivity contribution in [2.24, 2.45) is 5.41 Å². The number of hydrogen-bond donors (Lipinski definition) is 2. The monoisotopic (exact) mass is 548 g/mol. The molecular formula is C29H33ClN6O3. The molecule has 1 spiro atoms. The molecule has 0 saturated carbocycles. The lowest BCUT2D eigenvalue weighted by Crippen LogP contribution is -2.56. The van der Waals surface area contributed by atoms with Crippen LogP contribution in [0.5, 0.6) is 0 Å². The predicted octanol–water partition coefficient (Wildman–Crippen LogP) is 2.95. The summed E-state index contributed by atoms with van der Waals surface area (Å²) < 4.78 is 1.76. The molecule has 0 unspecified atom stereocenters. The smallest absolute Gasteiger partial charge is 0.253 e. The molecule has 3 amide bonds. The highest BCUT2D eigenvalue weighted by Gasteiger charge is 2.44. The lowest BCUT2D eigenvalue weighted by atomic mass is 9.73. The minimum atomic E-state index is -0.828. The van der Waals surface area contributed by atoms with Crippen molar-refractivity contribution in [3.8, 4) is 0 Å². The molecule has 2 aromatic carbocycles. The van der Waals surface area contributed by atoms with Gasteiger partial charge in [0.15, 0.2) is 0 Å². The molecule has 2 aliphatic rings. The maximum absolute atomic E-state index is 14.0. The van der Waals surface area contributed by atoms with E-state index in [-0.39, 0.29) is 17.7 Å². The van der Waals surface area contributed by atoms with E-state index < -0.39 is 11.5 Å². The van der Waals surface area contributed by atoms with E-state index in [9.17, 15) is 14.4 Å².